The molecule has 164 valence electrons. The van der Waals surface area contributed by atoms with E-state index in [0.29, 0.717) is 28.2 Å². The molecule has 3 fully saturated rings. The fourth-order valence-corrected chi connectivity index (χ4v) is 5.48. The van der Waals surface area contributed by atoms with E-state index in [0.717, 1.165) is 19.3 Å². The van der Waals surface area contributed by atoms with Gasteiger partial charge in [-0.25, -0.2) is 4.79 Å². The molecule has 1 N–H and O–H groups in total. The summed E-state index contributed by atoms with van der Waals surface area (Å²) in [4.78, 5) is 51.4. The van der Waals surface area contributed by atoms with E-state index < -0.39 is 18.5 Å². The summed E-state index contributed by atoms with van der Waals surface area (Å²) in [5, 5.41) is 3.15. The number of imide groups is 1. The lowest BCUT2D eigenvalue weighted by Gasteiger charge is -2.19. The van der Waals surface area contributed by atoms with Crippen LogP contribution in [0.25, 0.3) is 0 Å². The number of fused-ring (bicyclic) bond motifs is 5. The lowest BCUT2D eigenvalue weighted by atomic mass is 9.81. The van der Waals surface area contributed by atoms with E-state index in [1.54, 1.807) is 36.4 Å². The van der Waals surface area contributed by atoms with Gasteiger partial charge in [0.05, 0.1) is 23.1 Å². The molecule has 1 saturated heterocycles. The number of ether oxygens (including phenoxy) is 1. The van der Waals surface area contributed by atoms with Gasteiger partial charge in [0.1, 0.15) is 0 Å². The van der Waals surface area contributed by atoms with Crippen LogP contribution in [0.3, 0.4) is 0 Å². The van der Waals surface area contributed by atoms with Crippen molar-refractivity contribution in [3.8, 4) is 0 Å². The van der Waals surface area contributed by atoms with Crippen molar-refractivity contribution in [2.75, 3.05) is 16.8 Å². The Morgan fingerprint density at radius 3 is 2.12 bits per heavy atom. The minimum Gasteiger partial charge on any atom is -0.452 e. The zero-order chi connectivity index (χ0) is 22.4. The highest BCUT2D eigenvalue weighted by Gasteiger charge is 2.61. The zero-order valence-electron chi connectivity index (χ0n) is 17.1. The highest BCUT2D eigenvalue weighted by Crippen LogP contribution is 2.56. The molecule has 3 amide bonds. The number of hydrogen-bond acceptors (Lipinski definition) is 5. The molecule has 2 aliphatic carbocycles. The Balaban J connectivity index is 1.20. The summed E-state index contributed by atoms with van der Waals surface area (Å²) in [6.45, 7) is -0.446. The van der Waals surface area contributed by atoms with Crippen LogP contribution in [0.15, 0.2) is 48.5 Å². The van der Waals surface area contributed by atoms with Crippen molar-refractivity contribution in [3.63, 3.8) is 0 Å². The number of hydrogen-bond donors (Lipinski definition) is 1. The summed E-state index contributed by atoms with van der Waals surface area (Å²) in [5.41, 5.74) is 1.23. The van der Waals surface area contributed by atoms with Crippen LogP contribution in [-0.2, 0) is 19.1 Å². The second kappa shape index (κ2) is 8.06. The monoisotopic (exact) mass is 452 g/mol. The van der Waals surface area contributed by atoms with E-state index >= 15 is 0 Å². The molecule has 5 rings (SSSR count). The predicted molar refractivity (Wildman–Crippen MR) is 117 cm³/mol. The molecule has 1 heterocycles. The molecule has 2 aromatic rings. The second-order valence-corrected chi connectivity index (χ2v) is 9.01. The van der Waals surface area contributed by atoms with Gasteiger partial charge in [0.2, 0.25) is 11.8 Å². The van der Waals surface area contributed by atoms with E-state index in [-0.39, 0.29) is 29.2 Å². The lowest BCUT2D eigenvalue weighted by Crippen LogP contribution is -2.32. The van der Waals surface area contributed by atoms with Gasteiger partial charge in [-0.3, -0.25) is 19.3 Å². The Kier molecular flexibility index (Phi) is 5.21. The van der Waals surface area contributed by atoms with Gasteiger partial charge >= 0.3 is 5.97 Å². The minimum atomic E-state index is -0.670. The number of rotatable bonds is 5. The van der Waals surface area contributed by atoms with E-state index in [1.807, 2.05) is 0 Å². The average molecular weight is 453 g/mol. The van der Waals surface area contributed by atoms with Gasteiger partial charge in [-0.15, -0.1) is 0 Å². The summed E-state index contributed by atoms with van der Waals surface area (Å²) >= 11 is 5.80. The predicted octanol–water partition coefficient (Wildman–Crippen LogP) is 3.67. The molecule has 1 aliphatic heterocycles. The molecule has 0 unspecified atom stereocenters. The van der Waals surface area contributed by atoms with Crippen LogP contribution < -0.4 is 10.2 Å². The normalized spacial score (nSPS) is 25.7. The van der Waals surface area contributed by atoms with E-state index in [1.165, 1.54) is 17.0 Å². The van der Waals surface area contributed by atoms with Gasteiger partial charge < -0.3 is 10.1 Å². The van der Waals surface area contributed by atoms with Crippen LogP contribution in [0, 0.1) is 23.7 Å². The van der Waals surface area contributed by atoms with Gasteiger partial charge in [0.25, 0.3) is 5.91 Å². The van der Waals surface area contributed by atoms with Gasteiger partial charge in [-0.05, 0) is 79.6 Å². The quantitative estimate of drug-likeness (QED) is 0.552. The first kappa shape index (κ1) is 20.7. The molecular formula is C24H21ClN2O5. The van der Waals surface area contributed by atoms with Crippen LogP contribution in [0.1, 0.15) is 29.6 Å². The summed E-state index contributed by atoms with van der Waals surface area (Å²) in [7, 11) is 0. The molecule has 0 spiro atoms. The third kappa shape index (κ3) is 3.56. The number of nitrogens with one attached hydrogen (secondary N) is 1. The molecule has 4 atom stereocenters. The minimum absolute atomic E-state index is 0.124. The van der Waals surface area contributed by atoms with Crippen LogP contribution in [0.2, 0.25) is 5.02 Å². The van der Waals surface area contributed by atoms with Crippen molar-refractivity contribution >= 4 is 46.7 Å². The Bertz CT molecular complexity index is 1070. The smallest absolute Gasteiger partial charge is 0.338 e. The second-order valence-electron chi connectivity index (χ2n) is 8.57. The molecule has 2 aromatic carbocycles. The maximum absolute atomic E-state index is 12.9. The number of halogens is 1. The van der Waals surface area contributed by atoms with Crippen molar-refractivity contribution in [1.29, 1.82) is 0 Å². The highest BCUT2D eigenvalue weighted by atomic mass is 35.5. The molecular weight excluding hydrogens is 432 g/mol. The van der Waals surface area contributed by atoms with Crippen molar-refractivity contribution < 1.29 is 23.9 Å². The number of carbonyl (C=O) groups is 4. The number of anilines is 2. The standard InChI is InChI=1S/C24H21ClN2O5/c25-16-5-7-17(8-6-16)26-19(28)12-32-24(31)13-3-9-18(10-4-13)27-22(29)20-14-1-2-15(11-14)21(20)23(27)30/h3-10,14-15,20-21H,1-2,11-12H2,(H,26,28)/t14-,15-,20-,21+/m0/s1. The molecule has 32 heavy (non-hydrogen) atoms. The molecule has 0 aromatic heterocycles. The van der Waals surface area contributed by atoms with Gasteiger partial charge in [-0.1, -0.05) is 11.6 Å². The molecule has 7 nitrogen and oxygen atoms in total. The first-order valence-corrected chi connectivity index (χ1v) is 11.0. The number of amides is 3. The van der Waals surface area contributed by atoms with Crippen LogP contribution in [0.4, 0.5) is 11.4 Å². The lowest BCUT2D eigenvalue weighted by molar-refractivity contribution is -0.123. The van der Waals surface area contributed by atoms with Crippen molar-refractivity contribution in [3.05, 3.63) is 59.1 Å². The molecule has 0 radical (unpaired) electrons. The highest BCUT2D eigenvalue weighted by molar-refractivity contribution is 6.30. The summed E-state index contributed by atoms with van der Waals surface area (Å²) in [6.07, 6.45) is 3.03. The molecule has 2 bridgehead atoms. The van der Waals surface area contributed by atoms with Crippen molar-refractivity contribution in [1.82, 2.24) is 0 Å². The number of carbonyl (C=O) groups excluding carboxylic acids is 4. The van der Waals surface area contributed by atoms with Gasteiger partial charge in [0, 0.05) is 10.7 Å². The van der Waals surface area contributed by atoms with E-state index in [4.69, 9.17) is 16.3 Å². The molecule has 3 aliphatic rings. The first-order chi connectivity index (χ1) is 15.4. The SMILES string of the molecule is O=C(COC(=O)c1ccc(N2C(=O)[C@@H]3[C@H]4CC[C@@H](C4)[C@@H]3C2=O)cc1)Nc1ccc(Cl)cc1. The zero-order valence-corrected chi connectivity index (χ0v) is 17.9. The summed E-state index contributed by atoms with van der Waals surface area (Å²) < 4.78 is 5.07. The van der Waals surface area contributed by atoms with Crippen LogP contribution >= 0.6 is 11.6 Å². The maximum Gasteiger partial charge on any atom is 0.338 e. The molecule has 2 saturated carbocycles. The third-order valence-corrected chi connectivity index (χ3v) is 7.00. The maximum atomic E-state index is 12.9. The number of benzene rings is 2. The Hall–Kier alpha value is -3.19. The third-order valence-electron chi connectivity index (χ3n) is 6.75. The van der Waals surface area contributed by atoms with Crippen LogP contribution in [0.5, 0.6) is 0 Å². The fraction of sp³-hybridized carbons (Fsp3) is 0.333. The van der Waals surface area contributed by atoms with Gasteiger partial charge in [0.15, 0.2) is 6.61 Å². The number of nitrogens with zero attached hydrogens (tertiary/aromatic N) is 1. The van der Waals surface area contributed by atoms with Crippen LogP contribution in [-0.4, -0.2) is 30.3 Å². The largest absolute Gasteiger partial charge is 0.452 e. The summed E-state index contributed by atoms with van der Waals surface area (Å²) in [6, 6.07) is 12.7. The van der Waals surface area contributed by atoms with Crippen molar-refractivity contribution in [2.24, 2.45) is 23.7 Å². The summed E-state index contributed by atoms with van der Waals surface area (Å²) in [5.74, 6) is -1.14. The van der Waals surface area contributed by atoms with Crippen molar-refractivity contribution in [2.45, 2.75) is 19.3 Å². The number of esters is 1. The van der Waals surface area contributed by atoms with E-state index in [2.05, 4.69) is 5.32 Å². The Morgan fingerprint density at radius 1 is 0.938 bits per heavy atom. The topological polar surface area (TPSA) is 92.8 Å². The van der Waals surface area contributed by atoms with Gasteiger partial charge in [-0.2, -0.15) is 0 Å². The average Bonchev–Trinajstić information content (AvgIpc) is 3.47. The Labute approximate surface area is 189 Å². The molecule has 8 heteroatoms. The Morgan fingerprint density at radius 2 is 1.53 bits per heavy atom. The fourth-order valence-electron chi connectivity index (χ4n) is 5.35. The van der Waals surface area contributed by atoms with E-state index in [9.17, 15) is 19.2 Å². The first-order valence-electron chi connectivity index (χ1n) is 10.6.